The molecule has 0 aliphatic heterocycles. The van der Waals surface area contributed by atoms with E-state index in [2.05, 4.69) is 0 Å². The van der Waals surface area contributed by atoms with Crippen molar-refractivity contribution < 1.29 is 40.2 Å². The lowest BCUT2D eigenvalue weighted by Gasteiger charge is -1.80. The molecule has 0 aliphatic carbocycles. The molecule has 0 bridgehead atoms. The van der Waals surface area contributed by atoms with E-state index in [-0.39, 0.29) is 12.2 Å². The molecule has 0 saturated heterocycles. The molecule has 0 spiro atoms. The smallest absolute Gasteiger partial charge is 0.450 e. The minimum Gasteiger partial charge on any atom is -0.450 e. The van der Waals surface area contributed by atoms with Crippen molar-refractivity contribution in [1.82, 2.24) is 0 Å². The highest BCUT2D eigenvalue weighted by Gasteiger charge is 1.71. The van der Waals surface area contributed by atoms with E-state index < -0.39 is 12.3 Å². The van der Waals surface area contributed by atoms with Crippen LogP contribution in [0.1, 0.15) is 27.7 Å². The van der Waals surface area contributed by atoms with Crippen LogP contribution < -0.4 is 0 Å². The second-order valence-electron chi connectivity index (χ2n) is 2.75. The summed E-state index contributed by atoms with van der Waals surface area (Å²) in [6.07, 6.45) is -4.00. The summed E-state index contributed by atoms with van der Waals surface area (Å²) < 4.78 is 0. The summed E-state index contributed by atoms with van der Waals surface area (Å²) in [5, 5.41) is 44.0. The highest BCUT2D eigenvalue weighted by molar-refractivity contribution is 5.53. The first-order valence-electron chi connectivity index (χ1n) is 4.13. The van der Waals surface area contributed by atoms with Gasteiger partial charge in [0.05, 0.1) is 0 Å². The zero-order valence-corrected chi connectivity index (χ0v) is 9.65. The van der Waals surface area contributed by atoms with Gasteiger partial charge in [-0.25, -0.2) is 9.59 Å². The molecule has 8 nitrogen and oxygen atoms in total. The Morgan fingerprint density at radius 2 is 0.688 bits per heavy atom. The van der Waals surface area contributed by atoms with Gasteiger partial charge in [0.1, 0.15) is 0 Å². The molecule has 16 heavy (non-hydrogen) atoms. The first-order chi connectivity index (χ1) is 6.93. The summed E-state index contributed by atoms with van der Waals surface area (Å²) in [4.78, 5) is 17.1. The molecule has 0 unspecified atom stereocenters. The third-order valence-corrected chi connectivity index (χ3v) is 0. The van der Waals surface area contributed by atoms with E-state index in [4.69, 9.17) is 40.2 Å². The monoisotopic (exact) mass is 244 g/mol. The van der Waals surface area contributed by atoms with Crippen LogP contribution in [0.4, 0.5) is 9.59 Å². The van der Waals surface area contributed by atoms with Gasteiger partial charge in [-0.3, -0.25) is 0 Å². The molecule has 100 valence electrons. The second-order valence-corrected chi connectivity index (χ2v) is 2.75. The van der Waals surface area contributed by atoms with Gasteiger partial charge in [0.25, 0.3) is 0 Å². The van der Waals surface area contributed by atoms with Crippen LogP contribution in [0.3, 0.4) is 0 Å². The Hall–Kier alpha value is -1.54. The molecule has 0 rings (SSSR count). The Labute approximate surface area is 93.4 Å². The quantitative estimate of drug-likeness (QED) is 0.371. The van der Waals surface area contributed by atoms with Crippen LogP contribution in [0, 0.1) is 0 Å². The van der Waals surface area contributed by atoms with E-state index >= 15 is 0 Å². The lowest BCUT2D eigenvalue weighted by atomic mass is 10.5. The van der Waals surface area contributed by atoms with Crippen LogP contribution in [0.15, 0.2) is 0 Å². The van der Waals surface area contributed by atoms with Crippen molar-refractivity contribution in [3.8, 4) is 0 Å². The highest BCUT2D eigenvalue weighted by Crippen LogP contribution is 1.65. The summed E-state index contributed by atoms with van der Waals surface area (Å²) >= 11 is 0. The predicted molar refractivity (Wildman–Crippen MR) is 56.0 cm³/mol. The van der Waals surface area contributed by atoms with Crippen LogP contribution >= 0.6 is 0 Å². The van der Waals surface area contributed by atoms with Crippen LogP contribution in [0.25, 0.3) is 0 Å². The van der Waals surface area contributed by atoms with Crippen LogP contribution in [-0.2, 0) is 0 Å². The Kier molecular flexibility index (Phi) is 28.6. The standard InChI is InChI=1S/2C3H8O.2CH2O3/c2*1-3(2)4;2*2-1(3)4/h2*3-4H,1-2H3;2*(H2,2,3,4). The normalized spacial score (nSPS) is 7.50. The summed E-state index contributed by atoms with van der Waals surface area (Å²) in [6.45, 7) is 6.89. The van der Waals surface area contributed by atoms with Crippen molar-refractivity contribution in [2.45, 2.75) is 39.9 Å². The minimum absolute atomic E-state index is 0.167. The third-order valence-electron chi connectivity index (χ3n) is 0. The topological polar surface area (TPSA) is 156 Å². The Bertz CT molecular complexity index is 123. The van der Waals surface area contributed by atoms with Crippen molar-refractivity contribution in [2.24, 2.45) is 0 Å². The minimum atomic E-state index is -1.83. The van der Waals surface area contributed by atoms with Gasteiger partial charge in [0, 0.05) is 12.2 Å². The Morgan fingerprint density at radius 3 is 0.688 bits per heavy atom. The van der Waals surface area contributed by atoms with Gasteiger partial charge in [0.15, 0.2) is 0 Å². The summed E-state index contributed by atoms with van der Waals surface area (Å²) in [5.41, 5.74) is 0. The largest absolute Gasteiger partial charge is 0.503 e. The molecule has 0 saturated carbocycles. The number of carbonyl (C=O) groups is 2. The fourth-order valence-electron chi connectivity index (χ4n) is 0. The molecule has 0 heterocycles. The number of aliphatic hydroxyl groups is 2. The molecule has 0 atom stereocenters. The molecule has 0 aliphatic rings. The molecular weight excluding hydrogens is 224 g/mol. The molecular formula is C8H20O8. The van der Waals surface area contributed by atoms with E-state index in [1.807, 2.05) is 0 Å². The third kappa shape index (κ3) is 690. The van der Waals surface area contributed by atoms with Crippen LogP contribution in [0.5, 0.6) is 0 Å². The van der Waals surface area contributed by atoms with Gasteiger partial charge in [-0.2, -0.15) is 0 Å². The maximum Gasteiger partial charge on any atom is 0.503 e. The van der Waals surface area contributed by atoms with E-state index in [1.54, 1.807) is 27.7 Å². The van der Waals surface area contributed by atoms with Crippen molar-refractivity contribution in [3.05, 3.63) is 0 Å². The van der Waals surface area contributed by atoms with Crippen molar-refractivity contribution >= 4 is 12.3 Å². The Balaban J connectivity index is -0.0000000600. The number of rotatable bonds is 0. The SMILES string of the molecule is CC(C)O.CC(C)O.O=C(O)O.O=C(O)O. The van der Waals surface area contributed by atoms with Crippen molar-refractivity contribution in [1.29, 1.82) is 0 Å². The van der Waals surface area contributed by atoms with E-state index in [0.717, 1.165) is 0 Å². The number of aliphatic hydroxyl groups excluding tert-OH is 2. The highest BCUT2D eigenvalue weighted by atomic mass is 16.6. The van der Waals surface area contributed by atoms with Gasteiger partial charge in [-0.1, -0.05) is 0 Å². The lowest BCUT2D eigenvalue weighted by Crippen LogP contribution is -1.85. The van der Waals surface area contributed by atoms with E-state index in [9.17, 15) is 0 Å². The second kappa shape index (κ2) is 19.1. The average molecular weight is 244 g/mol. The van der Waals surface area contributed by atoms with Crippen LogP contribution in [-0.4, -0.2) is 55.2 Å². The van der Waals surface area contributed by atoms with Crippen molar-refractivity contribution in [2.75, 3.05) is 0 Å². The van der Waals surface area contributed by atoms with Crippen molar-refractivity contribution in [3.63, 3.8) is 0 Å². The summed E-state index contributed by atoms with van der Waals surface area (Å²) in [5.74, 6) is 0. The first kappa shape index (κ1) is 23.9. The molecule has 0 amide bonds. The van der Waals surface area contributed by atoms with Gasteiger partial charge in [-0.15, -0.1) is 0 Å². The zero-order chi connectivity index (χ0) is 14.3. The molecule has 6 N–H and O–H groups in total. The number of hydrogen-bond donors (Lipinski definition) is 6. The fraction of sp³-hybridized carbons (Fsp3) is 0.750. The maximum absolute atomic E-state index is 8.56. The van der Waals surface area contributed by atoms with Crippen LogP contribution in [0.2, 0.25) is 0 Å². The van der Waals surface area contributed by atoms with E-state index in [1.165, 1.54) is 0 Å². The van der Waals surface area contributed by atoms with Gasteiger partial charge < -0.3 is 30.6 Å². The van der Waals surface area contributed by atoms with Gasteiger partial charge in [0.2, 0.25) is 0 Å². The average Bonchev–Trinajstić information content (AvgIpc) is 1.76. The first-order valence-corrected chi connectivity index (χ1v) is 4.13. The molecule has 0 aromatic rings. The fourth-order valence-corrected chi connectivity index (χ4v) is 0. The predicted octanol–water partition coefficient (Wildman–Crippen LogP) is 1.22. The van der Waals surface area contributed by atoms with Gasteiger partial charge in [-0.05, 0) is 27.7 Å². The molecule has 0 aromatic heterocycles. The molecule has 0 aromatic carbocycles. The number of carboxylic acid groups (broad SMARTS) is 4. The van der Waals surface area contributed by atoms with Gasteiger partial charge >= 0.3 is 12.3 Å². The zero-order valence-electron chi connectivity index (χ0n) is 9.65. The molecule has 8 heteroatoms. The molecule has 0 fully saturated rings. The van der Waals surface area contributed by atoms with E-state index in [0.29, 0.717) is 0 Å². The lowest BCUT2D eigenvalue weighted by molar-refractivity contribution is 0.135. The maximum atomic E-state index is 8.56. The summed E-state index contributed by atoms with van der Waals surface area (Å²) in [6, 6.07) is 0. The Morgan fingerprint density at radius 1 is 0.688 bits per heavy atom. The molecule has 0 radical (unpaired) electrons. The number of hydrogen-bond acceptors (Lipinski definition) is 4. The summed E-state index contributed by atoms with van der Waals surface area (Å²) in [7, 11) is 0.